The number of nitrogens with one attached hydrogen (secondary N) is 1. The molecule has 42 valence electrons. The molecule has 0 aliphatic heterocycles. The van der Waals surface area contributed by atoms with Gasteiger partial charge < -0.3 is 5.32 Å². The van der Waals surface area contributed by atoms with Crippen LogP contribution in [0.1, 0.15) is 13.8 Å². The van der Waals surface area contributed by atoms with E-state index in [4.69, 9.17) is 0 Å². The molecule has 1 N–H and O–H groups in total. The molecule has 0 fully saturated rings. The zero-order valence-electron chi connectivity index (χ0n) is 4.32. The van der Waals surface area contributed by atoms with E-state index in [9.17, 15) is 4.79 Å². The van der Waals surface area contributed by atoms with Gasteiger partial charge in [0.2, 0.25) is 5.91 Å². The summed E-state index contributed by atoms with van der Waals surface area (Å²) in [4.78, 5) is 10.6. The number of thiocarbonyl (C=S) groups is 1. The average Bonchev–Trinajstić information content (AvgIpc) is 1.27. The van der Waals surface area contributed by atoms with E-state index < -0.39 is 0 Å². The van der Waals surface area contributed by atoms with Gasteiger partial charge in [-0.1, -0.05) is 12.2 Å². The second-order valence-electron chi connectivity index (χ2n) is 1.24. The van der Waals surface area contributed by atoms with Crippen molar-refractivity contribution in [2.45, 2.75) is 13.8 Å². The number of carbonyl (C=O) groups excluding carboxylic acids is 1. The van der Waals surface area contributed by atoms with Crippen LogP contribution in [0, 0.1) is 0 Å². The molecule has 0 aliphatic rings. The van der Waals surface area contributed by atoms with Crippen LogP contribution in [0.15, 0.2) is 0 Å². The maximum absolute atomic E-state index is 10.1. The van der Waals surface area contributed by atoms with E-state index in [0.717, 1.165) is 0 Å². The van der Waals surface area contributed by atoms with E-state index in [-0.39, 0.29) is 35.5 Å². The van der Waals surface area contributed by atoms with Gasteiger partial charge in [-0.2, -0.15) is 0 Å². The number of hydrogen-bond acceptors (Lipinski definition) is 2. The van der Waals surface area contributed by atoms with Crippen LogP contribution in [0.3, 0.4) is 0 Å². The van der Waals surface area contributed by atoms with Crippen LogP contribution < -0.4 is 5.32 Å². The first-order valence-corrected chi connectivity index (χ1v) is 2.32. The summed E-state index contributed by atoms with van der Waals surface area (Å²) in [5.41, 5.74) is 0. The summed E-state index contributed by atoms with van der Waals surface area (Å²) in [5.74, 6) is -0.104. The minimum absolute atomic E-state index is 0. The van der Waals surface area contributed by atoms with Crippen LogP contribution in [0.25, 0.3) is 0 Å². The predicted octanol–water partition coefficient (Wildman–Crippen LogP) is -0.179. The van der Waals surface area contributed by atoms with Crippen molar-refractivity contribution in [2.75, 3.05) is 0 Å². The molecule has 0 rings (SSSR count). The van der Waals surface area contributed by atoms with Crippen molar-refractivity contribution in [1.29, 1.82) is 0 Å². The normalized spacial score (nSPS) is 6.75. The topological polar surface area (TPSA) is 29.1 Å². The molecule has 0 bridgehead atoms. The first-order valence-electron chi connectivity index (χ1n) is 1.91. The first kappa shape index (κ1) is 11.4. The monoisotopic (exact) mass is 141 g/mol. The molecule has 2 nitrogen and oxygen atoms in total. The Morgan fingerprint density at radius 2 is 1.88 bits per heavy atom. The second-order valence-corrected chi connectivity index (χ2v) is 1.85. The van der Waals surface area contributed by atoms with E-state index in [2.05, 4.69) is 17.5 Å². The summed E-state index contributed by atoms with van der Waals surface area (Å²) >= 11 is 4.54. The van der Waals surface area contributed by atoms with Crippen LogP contribution in [-0.4, -0.2) is 40.5 Å². The van der Waals surface area contributed by atoms with Crippen molar-refractivity contribution < 1.29 is 4.79 Å². The zero-order chi connectivity index (χ0) is 5.86. The fourth-order valence-electron chi connectivity index (χ4n) is 0.248. The molecule has 0 radical (unpaired) electrons. The molecule has 0 spiro atoms. The summed E-state index contributed by atoms with van der Waals surface area (Å²) in [6.07, 6.45) is 0. The Hall–Kier alpha value is 0.560. The van der Waals surface area contributed by atoms with Crippen LogP contribution >= 0.6 is 12.2 Å². The van der Waals surface area contributed by atoms with E-state index >= 15 is 0 Å². The summed E-state index contributed by atoms with van der Waals surface area (Å²) in [6.45, 7) is 3.09. The van der Waals surface area contributed by atoms with E-state index in [1.54, 1.807) is 6.92 Å². The van der Waals surface area contributed by atoms with Gasteiger partial charge in [0.05, 0.1) is 4.99 Å². The molecule has 0 aromatic heterocycles. The number of hydrogen-bond donors (Lipinski definition) is 1. The Kier molecular flexibility index (Phi) is 8.09. The summed E-state index contributed by atoms with van der Waals surface area (Å²) < 4.78 is 0. The SMILES string of the molecule is CC(=O)NC(C)=S.[NaH]. The third-order valence-electron chi connectivity index (χ3n) is 0.352. The molecule has 0 aromatic rings. The van der Waals surface area contributed by atoms with Crippen LogP contribution in [0.4, 0.5) is 0 Å². The van der Waals surface area contributed by atoms with Gasteiger partial charge >= 0.3 is 29.6 Å². The summed E-state index contributed by atoms with van der Waals surface area (Å²) in [5, 5.41) is 2.40. The van der Waals surface area contributed by atoms with Gasteiger partial charge in [0.25, 0.3) is 0 Å². The molecule has 1 amide bonds. The van der Waals surface area contributed by atoms with Gasteiger partial charge in [-0.25, -0.2) is 0 Å². The zero-order valence-corrected chi connectivity index (χ0v) is 5.13. The van der Waals surface area contributed by atoms with Crippen LogP contribution in [0.5, 0.6) is 0 Å². The predicted molar refractivity (Wildman–Crippen MR) is 39.2 cm³/mol. The molecule has 4 heteroatoms. The summed E-state index contributed by atoms with van der Waals surface area (Å²) in [6, 6.07) is 0. The Bertz CT molecular complexity index is 92.2. The van der Waals surface area contributed by atoms with Gasteiger partial charge in [0.15, 0.2) is 0 Å². The number of rotatable bonds is 0. The van der Waals surface area contributed by atoms with Gasteiger partial charge in [0.1, 0.15) is 0 Å². The number of amides is 1. The van der Waals surface area contributed by atoms with Gasteiger partial charge in [-0.05, 0) is 6.92 Å². The number of carbonyl (C=O) groups is 1. The second kappa shape index (κ2) is 5.69. The van der Waals surface area contributed by atoms with Crippen molar-refractivity contribution in [3.8, 4) is 0 Å². The van der Waals surface area contributed by atoms with E-state index in [1.165, 1.54) is 6.92 Å². The Labute approximate surface area is 76.3 Å². The molecule has 0 saturated carbocycles. The molecular formula is C4H8NNaOS. The van der Waals surface area contributed by atoms with Gasteiger partial charge in [0, 0.05) is 6.92 Å². The van der Waals surface area contributed by atoms with Crippen molar-refractivity contribution in [1.82, 2.24) is 5.32 Å². The quantitative estimate of drug-likeness (QED) is 0.374. The third-order valence-corrected chi connectivity index (χ3v) is 0.454. The fraction of sp³-hybridized carbons (Fsp3) is 0.500. The van der Waals surface area contributed by atoms with Crippen molar-refractivity contribution in [3.05, 3.63) is 0 Å². The van der Waals surface area contributed by atoms with Gasteiger partial charge in [-0.3, -0.25) is 4.79 Å². The molecule has 8 heavy (non-hydrogen) atoms. The Balaban J connectivity index is 0. The van der Waals surface area contributed by atoms with E-state index in [1.807, 2.05) is 0 Å². The Morgan fingerprint density at radius 3 is 1.88 bits per heavy atom. The summed E-state index contributed by atoms with van der Waals surface area (Å²) in [7, 11) is 0. The molecule has 0 unspecified atom stereocenters. The standard InChI is InChI=1S/C4H7NOS.Na.H/c1-3(6)5-4(2)7;;/h1-2H3,(H,5,6,7);;. The average molecular weight is 141 g/mol. The molecule has 0 aliphatic carbocycles. The molecule has 0 heterocycles. The minimum atomic E-state index is -0.104. The molecule has 0 aromatic carbocycles. The molecule has 0 atom stereocenters. The Morgan fingerprint density at radius 1 is 1.50 bits per heavy atom. The van der Waals surface area contributed by atoms with Crippen molar-refractivity contribution in [3.63, 3.8) is 0 Å². The third kappa shape index (κ3) is 9.75. The molecular weight excluding hydrogens is 133 g/mol. The maximum atomic E-state index is 10.1. The van der Waals surface area contributed by atoms with E-state index in [0.29, 0.717) is 4.99 Å². The van der Waals surface area contributed by atoms with Crippen molar-refractivity contribution >= 4 is 52.7 Å². The van der Waals surface area contributed by atoms with Crippen LogP contribution in [0.2, 0.25) is 0 Å². The fourth-order valence-corrected chi connectivity index (χ4v) is 0.392. The van der Waals surface area contributed by atoms with Gasteiger partial charge in [-0.15, -0.1) is 0 Å². The van der Waals surface area contributed by atoms with Crippen molar-refractivity contribution in [2.24, 2.45) is 0 Å². The van der Waals surface area contributed by atoms with Crippen LogP contribution in [-0.2, 0) is 4.79 Å². The first-order chi connectivity index (χ1) is 3.13. The molecule has 0 saturated heterocycles.